The van der Waals surface area contributed by atoms with Gasteiger partial charge in [0.05, 0.1) is 29.1 Å². The number of sulfonamides is 1. The maximum atomic E-state index is 11.3. The molecule has 2 aromatic rings. The number of primary sulfonamides is 1. The normalized spacial score (nSPS) is 9.93. The van der Waals surface area contributed by atoms with Crippen molar-refractivity contribution in [1.82, 2.24) is 0 Å². The fraction of sp³-hybridized carbons (Fsp3) is 0.188. The molecule has 1 aromatic heterocycles. The van der Waals surface area contributed by atoms with Crippen LogP contribution < -0.4 is 21.9 Å². The van der Waals surface area contributed by atoms with Gasteiger partial charge >= 0.3 is 5.97 Å². The van der Waals surface area contributed by atoms with Crippen LogP contribution in [0.4, 0.5) is 5.69 Å². The second-order valence-corrected chi connectivity index (χ2v) is 7.27. The third-order valence-electron chi connectivity index (χ3n) is 2.64. The van der Waals surface area contributed by atoms with Crippen molar-refractivity contribution in [3.05, 3.63) is 46.9 Å². The Morgan fingerprint density at radius 3 is 2.07 bits per heavy atom. The summed E-state index contributed by atoms with van der Waals surface area (Å²) in [5, 5.41) is 16.8. The number of nitrogens with one attached hydrogen (secondary N) is 1. The lowest BCUT2D eigenvalue weighted by atomic mass is 10.1. The number of carbonyl (C=O) groups is 3. The molecule has 0 fully saturated rings. The van der Waals surface area contributed by atoms with Crippen molar-refractivity contribution in [2.45, 2.75) is 25.3 Å². The van der Waals surface area contributed by atoms with Crippen molar-refractivity contribution in [3.63, 3.8) is 0 Å². The number of amides is 2. The number of primary amides is 2. The van der Waals surface area contributed by atoms with Gasteiger partial charge in [0.25, 0.3) is 0 Å². The molecule has 0 saturated carbocycles. The summed E-state index contributed by atoms with van der Waals surface area (Å²) in [6.45, 7) is 2.83. The van der Waals surface area contributed by atoms with Crippen molar-refractivity contribution in [2.24, 2.45) is 16.6 Å². The highest BCUT2D eigenvalue weighted by molar-refractivity contribution is 7.89. The van der Waals surface area contributed by atoms with Crippen molar-refractivity contribution < 1.29 is 32.3 Å². The highest BCUT2D eigenvalue weighted by Gasteiger charge is 2.20. The van der Waals surface area contributed by atoms with Crippen LogP contribution in [0.2, 0.25) is 5.02 Å². The molecule has 8 N–H and O–H groups in total. The molecule has 0 aliphatic carbocycles. The number of nitrogens with two attached hydrogens (primary N) is 3. The van der Waals surface area contributed by atoms with Crippen LogP contribution in [0.25, 0.3) is 0 Å². The van der Waals surface area contributed by atoms with Crippen LogP contribution in [-0.4, -0.2) is 31.3 Å². The van der Waals surface area contributed by atoms with E-state index in [1.54, 1.807) is 12.1 Å². The third kappa shape index (κ3) is 10.7. The van der Waals surface area contributed by atoms with E-state index in [0.717, 1.165) is 6.07 Å². The van der Waals surface area contributed by atoms with Crippen LogP contribution in [0.15, 0.2) is 39.8 Å². The second-order valence-electron chi connectivity index (χ2n) is 5.33. The first-order valence-electron chi connectivity index (χ1n) is 7.63. The summed E-state index contributed by atoms with van der Waals surface area (Å²) in [6, 6.07) is 5.51. The van der Waals surface area contributed by atoms with Gasteiger partial charge < -0.3 is 26.3 Å². The summed E-state index contributed by atoms with van der Waals surface area (Å²) in [7, 11) is -4.11. The Bertz CT molecular complexity index is 940. The minimum atomic E-state index is -4.11. The van der Waals surface area contributed by atoms with Gasteiger partial charge in [-0.25, -0.2) is 18.4 Å². The minimum absolute atomic E-state index is 0.163. The van der Waals surface area contributed by atoms with Gasteiger partial charge in [-0.3, -0.25) is 9.59 Å². The number of halogens is 1. The molecule has 0 unspecified atom stereocenters. The summed E-state index contributed by atoms with van der Waals surface area (Å²) >= 11 is 5.84. The first kappa shape index (κ1) is 25.9. The molecule has 1 aromatic carbocycles. The number of hydrogen-bond acceptors (Lipinski definition) is 7. The predicted octanol–water partition coefficient (Wildman–Crippen LogP) is 0.874. The highest BCUT2D eigenvalue weighted by atomic mass is 35.5. The lowest BCUT2D eigenvalue weighted by molar-refractivity contribution is -0.116. The fourth-order valence-corrected chi connectivity index (χ4v) is 2.79. The number of carboxylic acids is 1. The Kier molecular flexibility index (Phi) is 10.4. The SMILES string of the molecule is CC(N)=O.CC(N)=O.NS(=O)(=O)c1cc(C(=O)O)c(NCc2ccco2)cc1Cl. The third-order valence-corrected chi connectivity index (χ3v) is 4.02. The molecule has 0 saturated heterocycles. The van der Waals surface area contributed by atoms with E-state index in [2.05, 4.69) is 16.8 Å². The van der Waals surface area contributed by atoms with E-state index in [1.165, 1.54) is 26.2 Å². The zero-order valence-corrected chi connectivity index (χ0v) is 17.1. The van der Waals surface area contributed by atoms with E-state index in [9.17, 15) is 22.8 Å². The Labute approximate surface area is 171 Å². The molecule has 13 heteroatoms. The van der Waals surface area contributed by atoms with Gasteiger partial charge in [0.15, 0.2) is 0 Å². The van der Waals surface area contributed by atoms with Crippen molar-refractivity contribution in [2.75, 3.05) is 5.32 Å². The molecule has 2 rings (SSSR count). The number of carboxylic acid groups (broad SMARTS) is 1. The Morgan fingerprint density at radius 1 is 1.17 bits per heavy atom. The summed E-state index contributed by atoms with van der Waals surface area (Å²) in [5.74, 6) is -1.39. The number of hydrogen-bond donors (Lipinski definition) is 5. The minimum Gasteiger partial charge on any atom is -0.478 e. The molecule has 0 bridgehead atoms. The predicted molar refractivity (Wildman–Crippen MR) is 106 cm³/mol. The molecule has 0 atom stereocenters. The quantitative estimate of drug-likeness (QED) is 0.441. The van der Waals surface area contributed by atoms with Gasteiger partial charge in [-0.2, -0.15) is 0 Å². The smallest absolute Gasteiger partial charge is 0.337 e. The van der Waals surface area contributed by atoms with E-state index in [4.69, 9.17) is 26.3 Å². The van der Waals surface area contributed by atoms with Gasteiger partial charge in [-0.1, -0.05) is 11.6 Å². The average Bonchev–Trinajstić information content (AvgIpc) is 3.03. The number of furan rings is 1. The Balaban J connectivity index is 0.000000837. The van der Waals surface area contributed by atoms with Crippen LogP contribution in [0.1, 0.15) is 30.0 Å². The van der Waals surface area contributed by atoms with Crippen molar-refractivity contribution >= 4 is 45.1 Å². The van der Waals surface area contributed by atoms with Gasteiger partial charge in [0, 0.05) is 13.8 Å². The largest absolute Gasteiger partial charge is 0.478 e. The van der Waals surface area contributed by atoms with E-state index in [0.29, 0.717) is 5.76 Å². The van der Waals surface area contributed by atoms with Crippen LogP contribution in [0.5, 0.6) is 0 Å². The molecule has 29 heavy (non-hydrogen) atoms. The number of benzene rings is 1. The van der Waals surface area contributed by atoms with Crippen molar-refractivity contribution in [3.8, 4) is 0 Å². The first-order chi connectivity index (χ1) is 13.3. The molecule has 11 nitrogen and oxygen atoms in total. The van der Waals surface area contributed by atoms with Crippen LogP contribution >= 0.6 is 11.6 Å². The second kappa shape index (κ2) is 11.7. The summed E-state index contributed by atoms with van der Waals surface area (Å²) in [6.07, 6.45) is 1.48. The molecule has 0 aliphatic rings. The monoisotopic (exact) mass is 448 g/mol. The van der Waals surface area contributed by atoms with Gasteiger partial charge in [-0.05, 0) is 24.3 Å². The zero-order chi connectivity index (χ0) is 22.8. The highest BCUT2D eigenvalue weighted by Crippen LogP contribution is 2.28. The Hall–Kier alpha value is -3.09. The fourth-order valence-electron chi connectivity index (χ4n) is 1.69. The van der Waals surface area contributed by atoms with E-state index < -0.39 is 20.9 Å². The maximum Gasteiger partial charge on any atom is 0.337 e. The first-order valence-corrected chi connectivity index (χ1v) is 9.56. The van der Waals surface area contributed by atoms with E-state index >= 15 is 0 Å². The number of anilines is 1. The van der Waals surface area contributed by atoms with Gasteiger partial charge in [0.1, 0.15) is 10.7 Å². The summed E-state index contributed by atoms with van der Waals surface area (Å²) in [5.41, 5.74) is 8.85. The van der Waals surface area contributed by atoms with Crippen molar-refractivity contribution in [1.29, 1.82) is 0 Å². The molecule has 160 valence electrons. The summed E-state index contributed by atoms with van der Waals surface area (Å²) < 4.78 is 27.8. The van der Waals surface area contributed by atoms with Gasteiger partial charge in [0.2, 0.25) is 21.8 Å². The lowest BCUT2D eigenvalue weighted by Gasteiger charge is -2.11. The standard InChI is InChI=1S/C12H11ClN2O5S.2C2H5NO/c13-9-5-10(15-6-7-2-1-3-20-7)8(12(16)17)4-11(9)21(14,18)19;2*1-2(3)4/h1-5,15H,6H2,(H,16,17)(H2,14,18,19);2*1H3,(H2,3,4). The van der Waals surface area contributed by atoms with Crippen LogP contribution in [0.3, 0.4) is 0 Å². The Morgan fingerprint density at radius 2 is 1.69 bits per heavy atom. The van der Waals surface area contributed by atoms with Crippen LogP contribution in [0, 0.1) is 0 Å². The van der Waals surface area contributed by atoms with E-state index in [1.807, 2.05) is 0 Å². The lowest BCUT2D eigenvalue weighted by Crippen LogP contribution is -2.15. The van der Waals surface area contributed by atoms with E-state index in [-0.39, 0.29) is 34.6 Å². The molecule has 2 amide bonds. The zero-order valence-electron chi connectivity index (χ0n) is 15.5. The number of aromatic carboxylic acids is 1. The topological polar surface area (TPSA) is 209 Å². The summed E-state index contributed by atoms with van der Waals surface area (Å²) in [4.78, 5) is 29.2. The number of carbonyl (C=O) groups excluding carboxylic acids is 2. The van der Waals surface area contributed by atoms with Crippen LogP contribution in [-0.2, 0) is 26.2 Å². The molecule has 0 radical (unpaired) electrons. The average molecular weight is 449 g/mol. The molecule has 1 heterocycles. The molecule has 0 spiro atoms. The molecular weight excluding hydrogens is 428 g/mol. The van der Waals surface area contributed by atoms with Gasteiger partial charge in [-0.15, -0.1) is 0 Å². The maximum absolute atomic E-state index is 11.3. The molecular formula is C16H21ClN4O7S. The number of rotatable bonds is 5. The molecule has 0 aliphatic heterocycles.